The van der Waals surface area contributed by atoms with Crippen LogP contribution in [0, 0.1) is 27.7 Å². The highest BCUT2D eigenvalue weighted by atomic mass is 32.2. The number of amides is 1. The van der Waals surface area contributed by atoms with Gasteiger partial charge >= 0.3 is 0 Å². The van der Waals surface area contributed by atoms with E-state index in [9.17, 15) is 4.79 Å². The summed E-state index contributed by atoms with van der Waals surface area (Å²) in [7, 11) is 0. The second-order valence-electron chi connectivity index (χ2n) is 7.95. The zero-order valence-corrected chi connectivity index (χ0v) is 19.4. The highest BCUT2D eigenvalue weighted by Gasteiger charge is 2.24. The molecule has 2 aromatic carbocycles. The monoisotopic (exact) mass is 429 g/mol. The lowest BCUT2D eigenvalue weighted by Crippen LogP contribution is -2.19. The van der Waals surface area contributed by atoms with E-state index in [1.807, 2.05) is 25.1 Å². The summed E-state index contributed by atoms with van der Waals surface area (Å²) in [6.45, 7) is 10.4. The number of carbonyl (C=O) groups is 1. The van der Waals surface area contributed by atoms with Crippen LogP contribution in [0.5, 0.6) is 0 Å². The summed E-state index contributed by atoms with van der Waals surface area (Å²) >= 11 is 1.39. The van der Waals surface area contributed by atoms with Gasteiger partial charge in [-0.15, -0.1) is 0 Å². The Kier molecular flexibility index (Phi) is 5.88. The first-order valence-corrected chi connectivity index (χ1v) is 11.3. The number of aliphatic imine (C=N–C) groups is 1. The molecule has 0 spiro atoms. The van der Waals surface area contributed by atoms with Crippen molar-refractivity contribution < 1.29 is 4.79 Å². The average Bonchev–Trinajstić information content (AvgIpc) is 3.22. The van der Waals surface area contributed by atoms with E-state index in [0.29, 0.717) is 10.1 Å². The molecule has 1 amide bonds. The second kappa shape index (κ2) is 8.60. The lowest BCUT2D eigenvalue weighted by Gasteiger charge is -2.10. The molecule has 0 unspecified atom stereocenters. The highest BCUT2D eigenvalue weighted by molar-refractivity contribution is 8.18. The zero-order valence-electron chi connectivity index (χ0n) is 18.6. The molecule has 0 atom stereocenters. The molecule has 1 aromatic heterocycles. The topological polar surface area (TPSA) is 46.4 Å². The third-order valence-electron chi connectivity index (χ3n) is 5.58. The maximum atomic E-state index is 12.6. The largest absolute Gasteiger partial charge is 0.318 e. The number of aromatic nitrogens is 1. The van der Waals surface area contributed by atoms with Gasteiger partial charge in [0.05, 0.1) is 10.6 Å². The van der Waals surface area contributed by atoms with Crippen molar-refractivity contribution in [3.63, 3.8) is 0 Å². The molecule has 31 heavy (non-hydrogen) atoms. The molecule has 1 aliphatic rings. The van der Waals surface area contributed by atoms with Crippen molar-refractivity contribution in [3.05, 3.63) is 87.1 Å². The Morgan fingerprint density at radius 1 is 1.03 bits per heavy atom. The number of rotatable bonds is 4. The van der Waals surface area contributed by atoms with Gasteiger partial charge in [-0.2, -0.15) is 0 Å². The van der Waals surface area contributed by atoms with Crippen LogP contribution in [0.3, 0.4) is 0 Å². The predicted octanol–water partition coefficient (Wildman–Crippen LogP) is 6.16. The second-order valence-corrected chi connectivity index (χ2v) is 8.98. The quantitative estimate of drug-likeness (QED) is 0.505. The number of nitrogens with zero attached hydrogens (tertiary/aromatic N) is 2. The van der Waals surface area contributed by atoms with Gasteiger partial charge in [0.15, 0.2) is 5.17 Å². The summed E-state index contributed by atoms with van der Waals surface area (Å²) in [4.78, 5) is 17.9. The molecule has 0 radical (unpaired) electrons. The van der Waals surface area contributed by atoms with Crippen molar-refractivity contribution >= 4 is 34.6 Å². The van der Waals surface area contributed by atoms with E-state index in [1.165, 1.54) is 22.9 Å². The number of nitrogens with one attached hydrogen (secondary N) is 1. The first-order chi connectivity index (χ1) is 14.9. The maximum Gasteiger partial charge on any atom is 0.264 e. The molecule has 158 valence electrons. The minimum Gasteiger partial charge on any atom is -0.318 e. The fraction of sp³-hybridized carbons (Fsp3) is 0.231. The molecule has 0 bridgehead atoms. The van der Waals surface area contributed by atoms with Gasteiger partial charge in [0, 0.05) is 17.1 Å². The molecule has 4 rings (SSSR count). The Morgan fingerprint density at radius 3 is 2.45 bits per heavy atom. The van der Waals surface area contributed by atoms with Gasteiger partial charge in [-0.1, -0.05) is 36.8 Å². The SMILES string of the molecule is CCc1ccc(-n2c(C)cc(/C=C3\SC(=Nc4ccc(C)cc4C)NC3=O)c2C)cc1. The van der Waals surface area contributed by atoms with E-state index in [0.717, 1.165) is 40.3 Å². The molecule has 0 saturated carbocycles. The van der Waals surface area contributed by atoms with Gasteiger partial charge < -0.3 is 9.88 Å². The van der Waals surface area contributed by atoms with Gasteiger partial charge in [0.25, 0.3) is 5.91 Å². The van der Waals surface area contributed by atoms with E-state index in [2.05, 4.69) is 79.0 Å². The number of carbonyl (C=O) groups excluding carboxylic acids is 1. The van der Waals surface area contributed by atoms with Crippen LogP contribution in [0.2, 0.25) is 0 Å². The maximum absolute atomic E-state index is 12.6. The van der Waals surface area contributed by atoms with Crippen LogP contribution in [0.4, 0.5) is 5.69 Å². The van der Waals surface area contributed by atoms with Crippen LogP contribution < -0.4 is 5.32 Å². The summed E-state index contributed by atoms with van der Waals surface area (Å²) in [6.07, 6.45) is 2.99. The van der Waals surface area contributed by atoms with Crippen LogP contribution >= 0.6 is 11.8 Å². The molecule has 4 nitrogen and oxygen atoms in total. The van der Waals surface area contributed by atoms with E-state index in [4.69, 9.17) is 0 Å². The molecular formula is C26H27N3OS. The van der Waals surface area contributed by atoms with Crippen LogP contribution in [-0.2, 0) is 11.2 Å². The zero-order chi connectivity index (χ0) is 22.1. The summed E-state index contributed by atoms with van der Waals surface area (Å²) in [5.74, 6) is -0.106. The molecule has 2 heterocycles. The van der Waals surface area contributed by atoms with E-state index in [1.54, 1.807) is 0 Å². The average molecular weight is 430 g/mol. The fourth-order valence-electron chi connectivity index (χ4n) is 3.87. The van der Waals surface area contributed by atoms with Crippen molar-refractivity contribution in [3.8, 4) is 5.69 Å². The lowest BCUT2D eigenvalue weighted by atomic mass is 10.1. The van der Waals surface area contributed by atoms with Gasteiger partial charge in [0.1, 0.15) is 0 Å². The van der Waals surface area contributed by atoms with Crippen LogP contribution in [-0.4, -0.2) is 15.6 Å². The minimum absolute atomic E-state index is 0.106. The van der Waals surface area contributed by atoms with Crippen molar-refractivity contribution in [2.75, 3.05) is 0 Å². The number of benzene rings is 2. The highest BCUT2D eigenvalue weighted by Crippen LogP contribution is 2.31. The number of aryl methyl sites for hydroxylation is 4. The predicted molar refractivity (Wildman–Crippen MR) is 131 cm³/mol. The number of hydrogen-bond donors (Lipinski definition) is 1. The van der Waals surface area contributed by atoms with Crippen molar-refractivity contribution in [2.24, 2.45) is 4.99 Å². The summed E-state index contributed by atoms with van der Waals surface area (Å²) in [5, 5.41) is 3.52. The van der Waals surface area contributed by atoms with E-state index in [-0.39, 0.29) is 5.91 Å². The van der Waals surface area contributed by atoms with Crippen molar-refractivity contribution in [2.45, 2.75) is 41.0 Å². The first-order valence-electron chi connectivity index (χ1n) is 10.5. The minimum atomic E-state index is -0.106. The molecule has 5 heteroatoms. The smallest absolute Gasteiger partial charge is 0.264 e. The molecule has 1 aliphatic heterocycles. The molecule has 1 N–H and O–H groups in total. The van der Waals surface area contributed by atoms with Gasteiger partial charge in [-0.05, 0) is 92.9 Å². The summed E-state index contributed by atoms with van der Waals surface area (Å²) in [5.41, 5.74) is 8.93. The Bertz CT molecular complexity index is 1220. The van der Waals surface area contributed by atoms with Crippen LogP contribution in [0.15, 0.2) is 58.4 Å². The third-order valence-corrected chi connectivity index (χ3v) is 6.49. The Balaban J connectivity index is 1.63. The Morgan fingerprint density at radius 2 is 1.77 bits per heavy atom. The number of hydrogen-bond acceptors (Lipinski definition) is 3. The van der Waals surface area contributed by atoms with Crippen LogP contribution in [0.1, 0.15) is 40.6 Å². The van der Waals surface area contributed by atoms with Gasteiger partial charge in [-0.3, -0.25) is 4.79 Å². The van der Waals surface area contributed by atoms with Gasteiger partial charge in [-0.25, -0.2) is 4.99 Å². The van der Waals surface area contributed by atoms with Crippen LogP contribution in [0.25, 0.3) is 11.8 Å². The molecule has 0 aliphatic carbocycles. The Labute approximate surface area is 188 Å². The summed E-state index contributed by atoms with van der Waals surface area (Å²) < 4.78 is 2.23. The molecule has 1 fully saturated rings. The lowest BCUT2D eigenvalue weighted by molar-refractivity contribution is -0.115. The number of thioether (sulfide) groups is 1. The molecule has 1 saturated heterocycles. The fourth-order valence-corrected chi connectivity index (χ4v) is 4.70. The summed E-state index contributed by atoms with van der Waals surface area (Å²) in [6, 6.07) is 16.9. The van der Waals surface area contributed by atoms with Crippen molar-refractivity contribution in [1.82, 2.24) is 9.88 Å². The van der Waals surface area contributed by atoms with E-state index < -0.39 is 0 Å². The Hall–Kier alpha value is -3.05. The number of amidine groups is 1. The van der Waals surface area contributed by atoms with E-state index >= 15 is 0 Å². The van der Waals surface area contributed by atoms with Gasteiger partial charge in [0.2, 0.25) is 0 Å². The standard InChI is InChI=1S/C26H27N3OS/c1-6-20-8-10-22(11-9-20)29-18(4)14-21(19(29)5)15-24-25(30)28-26(31-24)27-23-12-7-16(2)13-17(23)3/h7-15H,6H2,1-5H3,(H,27,28,30)/b24-15-. The molecule has 3 aromatic rings. The normalized spacial score (nSPS) is 16.4. The first kappa shape index (κ1) is 21.2. The van der Waals surface area contributed by atoms with Crippen molar-refractivity contribution in [1.29, 1.82) is 0 Å². The third kappa shape index (κ3) is 4.37. The molecular weight excluding hydrogens is 402 g/mol.